The van der Waals surface area contributed by atoms with Crippen LogP contribution in [0.15, 0.2) is 42.6 Å². The van der Waals surface area contributed by atoms with Gasteiger partial charge in [-0.25, -0.2) is 4.39 Å². The SMILES string of the molecule is Cc1cccc(C)c1NC(=O)CN1CCC(Cc2c[nH]c3ccc(F)cc23)CC1. The zero-order chi connectivity index (χ0) is 20.4. The first-order chi connectivity index (χ1) is 14.0. The first kappa shape index (κ1) is 19.6. The number of amides is 1. The topological polar surface area (TPSA) is 48.1 Å². The number of para-hydroxylation sites is 1. The molecule has 0 bridgehead atoms. The maximum Gasteiger partial charge on any atom is 0.238 e. The molecular formula is C24H28FN3O. The third-order valence-electron chi connectivity index (χ3n) is 6.06. The number of aromatic amines is 1. The van der Waals surface area contributed by atoms with Gasteiger partial charge in [-0.2, -0.15) is 0 Å². The van der Waals surface area contributed by atoms with Crippen molar-refractivity contribution in [3.8, 4) is 0 Å². The number of carbonyl (C=O) groups is 1. The van der Waals surface area contributed by atoms with Crippen LogP contribution in [0.4, 0.5) is 10.1 Å². The highest BCUT2D eigenvalue weighted by Gasteiger charge is 2.22. The van der Waals surface area contributed by atoms with Crippen LogP contribution in [0.2, 0.25) is 0 Å². The fourth-order valence-electron chi connectivity index (χ4n) is 4.37. The Morgan fingerprint density at radius 3 is 2.62 bits per heavy atom. The molecule has 5 heteroatoms. The Kier molecular flexibility index (Phi) is 5.67. The van der Waals surface area contributed by atoms with Gasteiger partial charge in [0.05, 0.1) is 6.54 Å². The lowest BCUT2D eigenvalue weighted by molar-refractivity contribution is -0.117. The molecule has 0 unspecified atom stereocenters. The van der Waals surface area contributed by atoms with Crippen LogP contribution in [-0.2, 0) is 11.2 Å². The molecule has 29 heavy (non-hydrogen) atoms. The van der Waals surface area contributed by atoms with E-state index in [2.05, 4.69) is 15.2 Å². The van der Waals surface area contributed by atoms with Gasteiger partial charge in [-0.1, -0.05) is 18.2 Å². The summed E-state index contributed by atoms with van der Waals surface area (Å²) in [5.41, 5.74) is 5.28. The van der Waals surface area contributed by atoms with Crippen molar-refractivity contribution >= 4 is 22.5 Å². The summed E-state index contributed by atoms with van der Waals surface area (Å²) in [4.78, 5) is 18.0. The van der Waals surface area contributed by atoms with E-state index in [9.17, 15) is 9.18 Å². The molecule has 2 N–H and O–H groups in total. The van der Waals surface area contributed by atoms with Crippen LogP contribution < -0.4 is 5.32 Å². The molecule has 1 saturated heterocycles. The molecule has 4 rings (SSSR count). The number of hydrogen-bond donors (Lipinski definition) is 2. The van der Waals surface area contributed by atoms with Gasteiger partial charge >= 0.3 is 0 Å². The second-order valence-corrected chi connectivity index (χ2v) is 8.24. The van der Waals surface area contributed by atoms with Gasteiger partial charge in [-0.15, -0.1) is 0 Å². The molecule has 2 aromatic carbocycles. The number of fused-ring (bicyclic) bond motifs is 1. The Bertz CT molecular complexity index is 998. The van der Waals surface area contributed by atoms with Crippen molar-refractivity contribution in [2.45, 2.75) is 33.1 Å². The minimum atomic E-state index is -0.192. The largest absolute Gasteiger partial charge is 0.361 e. The Hall–Kier alpha value is -2.66. The number of nitrogens with zero attached hydrogens (tertiary/aromatic N) is 1. The van der Waals surface area contributed by atoms with E-state index >= 15 is 0 Å². The second-order valence-electron chi connectivity index (χ2n) is 8.24. The molecule has 4 nitrogen and oxygen atoms in total. The average Bonchev–Trinajstić information content (AvgIpc) is 3.08. The van der Waals surface area contributed by atoms with Crippen molar-refractivity contribution in [3.63, 3.8) is 0 Å². The lowest BCUT2D eigenvalue weighted by atomic mass is 9.90. The van der Waals surface area contributed by atoms with Gasteiger partial charge in [0.1, 0.15) is 5.82 Å². The van der Waals surface area contributed by atoms with Crippen molar-refractivity contribution in [2.24, 2.45) is 5.92 Å². The Morgan fingerprint density at radius 2 is 1.90 bits per heavy atom. The molecule has 0 atom stereocenters. The molecule has 152 valence electrons. The molecule has 0 spiro atoms. The van der Waals surface area contributed by atoms with Gasteiger partial charge in [0.15, 0.2) is 0 Å². The van der Waals surface area contributed by atoms with E-state index in [0.717, 1.165) is 60.1 Å². The van der Waals surface area contributed by atoms with Crippen LogP contribution in [-0.4, -0.2) is 35.4 Å². The Balaban J connectivity index is 1.30. The van der Waals surface area contributed by atoms with E-state index < -0.39 is 0 Å². The number of rotatable bonds is 5. The monoisotopic (exact) mass is 393 g/mol. The minimum Gasteiger partial charge on any atom is -0.361 e. The number of H-pyrrole nitrogens is 1. The molecule has 1 amide bonds. The summed E-state index contributed by atoms with van der Waals surface area (Å²) in [7, 11) is 0. The van der Waals surface area contributed by atoms with Gasteiger partial charge in [0.2, 0.25) is 5.91 Å². The van der Waals surface area contributed by atoms with Gasteiger partial charge in [0, 0.05) is 22.8 Å². The molecule has 0 aliphatic carbocycles. The minimum absolute atomic E-state index is 0.0490. The van der Waals surface area contributed by atoms with Crippen molar-refractivity contribution in [1.29, 1.82) is 0 Å². The molecule has 1 aliphatic heterocycles. The van der Waals surface area contributed by atoms with E-state index in [0.29, 0.717) is 12.5 Å². The smallest absolute Gasteiger partial charge is 0.238 e. The molecule has 1 fully saturated rings. The first-order valence-electron chi connectivity index (χ1n) is 10.3. The third-order valence-corrected chi connectivity index (χ3v) is 6.06. The van der Waals surface area contributed by atoms with Crippen LogP contribution in [0.25, 0.3) is 10.9 Å². The number of hydrogen-bond acceptors (Lipinski definition) is 2. The number of halogens is 1. The van der Waals surface area contributed by atoms with Gasteiger partial charge in [0.25, 0.3) is 0 Å². The highest BCUT2D eigenvalue weighted by Crippen LogP contribution is 2.27. The number of aromatic nitrogens is 1. The van der Waals surface area contributed by atoms with Crippen molar-refractivity contribution in [3.05, 3.63) is 65.1 Å². The predicted octanol–water partition coefficient (Wildman–Crippen LogP) is 4.82. The summed E-state index contributed by atoms with van der Waals surface area (Å²) in [5, 5.41) is 4.07. The van der Waals surface area contributed by atoms with E-state index in [1.165, 1.54) is 11.6 Å². The second kappa shape index (κ2) is 8.37. The number of aryl methyl sites for hydroxylation is 2. The maximum atomic E-state index is 13.6. The quantitative estimate of drug-likeness (QED) is 0.653. The number of likely N-dealkylation sites (tertiary alicyclic amines) is 1. The lowest BCUT2D eigenvalue weighted by Gasteiger charge is -2.31. The van der Waals surface area contributed by atoms with Crippen LogP contribution >= 0.6 is 0 Å². The zero-order valence-corrected chi connectivity index (χ0v) is 17.1. The molecule has 0 radical (unpaired) electrons. The van der Waals surface area contributed by atoms with Crippen molar-refractivity contribution in [2.75, 3.05) is 25.0 Å². The molecule has 0 saturated carbocycles. The number of nitrogens with one attached hydrogen (secondary N) is 2. The van der Waals surface area contributed by atoms with Crippen LogP contribution in [0, 0.1) is 25.6 Å². The molecule has 2 heterocycles. The van der Waals surface area contributed by atoms with Crippen molar-refractivity contribution in [1.82, 2.24) is 9.88 Å². The van der Waals surface area contributed by atoms with E-state index in [-0.39, 0.29) is 11.7 Å². The number of anilines is 1. The van der Waals surface area contributed by atoms with Gasteiger partial charge < -0.3 is 10.3 Å². The van der Waals surface area contributed by atoms with Crippen LogP contribution in [0.5, 0.6) is 0 Å². The van der Waals surface area contributed by atoms with Crippen molar-refractivity contribution < 1.29 is 9.18 Å². The number of carbonyl (C=O) groups excluding carboxylic acids is 1. The molecule has 3 aromatic rings. The summed E-state index contributed by atoms with van der Waals surface area (Å²) < 4.78 is 13.6. The highest BCUT2D eigenvalue weighted by molar-refractivity contribution is 5.93. The Labute approximate surface area is 171 Å². The lowest BCUT2D eigenvalue weighted by Crippen LogP contribution is -2.39. The predicted molar refractivity (Wildman–Crippen MR) is 116 cm³/mol. The standard InChI is InChI=1S/C24H28FN3O/c1-16-4-3-5-17(2)24(16)27-23(29)15-28-10-8-18(9-11-28)12-19-14-26-22-7-6-20(25)13-21(19)22/h3-7,13-14,18,26H,8-12,15H2,1-2H3,(H,27,29). The summed E-state index contributed by atoms with van der Waals surface area (Å²) in [6, 6.07) is 11.0. The fourth-order valence-corrected chi connectivity index (χ4v) is 4.37. The van der Waals surface area contributed by atoms with Gasteiger partial charge in [-0.05, 0) is 87.0 Å². The van der Waals surface area contributed by atoms with E-state index in [1.54, 1.807) is 12.1 Å². The first-order valence-corrected chi connectivity index (χ1v) is 10.3. The molecule has 1 aromatic heterocycles. The van der Waals surface area contributed by atoms with Gasteiger partial charge in [-0.3, -0.25) is 9.69 Å². The summed E-state index contributed by atoms with van der Waals surface area (Å²) in [6.07, 6.45) is 5.07. The summed E-state index contributed by atoms with van der Waals surface area (Å²) in [6.45, 7) is 6.30. The molecular weight excluding hydrogens is 365 g/mol. The molecule has 1 aliphatic rings. The fraction of sp³-hybridized carbons (Fsp3) is 0.375. The zero-order valence-electron chi connectivity index (χ0n) is 17.1. The normalized spacial score (nSPS) is 15.7. The number of benzene rings is 2. The number of piperidine rings is 1. The van der Waals surface area contributed by atoms with E-state index in [1.807, 2.05) is 38.2 Å². The average molecular weight is 394 g/mol. The highest BCUT2D eigenvalue weighted by atomic mass is 19.1. The van der Waals surface area contributed by atoms with E-state index in [4.69, 9.17) is 0 Å². The van der Waals surface area contributed by atoms with Crippen LogP contribution in [0.1, 0.15) is 29.5 Å². The maximum absolute atomic E-state index is 13.6. The third kappa shape index (κ3) is 4.51. The van der Waals surface area contributed by atoms with Crippen LogP contribution in [0.3, 0.4) is 0 Å². The summed E-state index contributed by atoms with van der Waals surface area (Å²) in [5.74, 6) is 0.422. The summed E-state index contributed by atoms with van der Waals surface area (Å²) >= 11 is 0. The Morgan fingerprint density at radius 1 is 1.17 bits per heavy atom.